The van der Waals surface area contributed by atoms with E-state index in [2.05, 4.69) is 20.5 Å². The number of nitrogens with one attached hydrogen (secondary N) is 2. The summed E-state index contributed by atoms with van der Waals surface area (Å²) in [5, 5.41) is 17.8. The van der Waals surface area contributed by atoms with Crippen molar-refractivity contribution in [2.45, 2.75) is 0 Å². The smallest absolute Gasteiger partial charge is 0.371 e. The molecule has 0 aliphatic rings. The van der Waals surface area contributed by atoms with Gasteiger partial charge in [0.2, 0.25) is 5.76 Å². The number of hydrogen-bond donors (Lipinski definition) is 3. The third-order valence-electron chi connectivity index (χ3n) is 2.58. The van der Waals surface area contributed by atoms with Gasteiger partial charge >= 0.3 is 5.97 Å². The number of anilines is 1. The second-order valence-electron chi connectivity index (χ2n) is 3.90. The SMILES string of the molecule is O=C(Nc1n[nH]c2cc(C(=O)O)oc12)c1ccccn1. The molecular weight excluding hydrogens is 264 g/mol. The number of H-pyrrole nitrogens is 1. The first-order chi connectivity index (χ1) is 9.65. The van der Waals surface area contributed by atoms with Crippen molar-refractivity contribution in [1.82, 2.24) is 15.2 Å². The van der Waals surface area contributed by atoms with Crippen LogP contribution in [0.25, 0.3) is 11.1 Å². The summed E-state index contributed by atoms with van der Waals surface area (Å²) >= 11 is 0. The normalized spacial score (nSPS) is 10.6. The first-order valence-electron chi connectivity index (χ1n) is 5.59. The van der Waals surface area contributed by atoms with Crippen LogP contribution in [-0.2, 0) is 0 Å². The van der Waals surface area contributed by atoms with Crippen molar-refractivity contribution < 1.29 is 19.1 Å². The molecule has 3 heterocycles. The number of fused-ring (bicyclic) bond motifs is 1. The van der Waals surface area contributed by atoms with Crippen LogP contribution in [0, 0.1) is 0 Å². The third-order valence-corrected chi connectivity index (χ3v) is 2.58. The van der Waals surface area contributed by atoms with E-state index in [9.17, 15) is 9.59 Å². The van der Waals surface area contributed by atoms with Crippen molar-refractivity contribution in [3.63, 3.8) is 0 Å². The lowest BCUT2D eigenvalue weighted by Gasteiger charge is -1.99. The summed E-state index contributed by atoms with van der Waals surface area (Å²) in [5.74, 6) is -1.78. The maximum Gasteiger partial charge on any atom is 0.371 e. The number of rotatable bonds is 3. The van der Waals surface area contributed by atoms with E-state index in [1.54, 1.807) is 18.2 Å². The molecule has 1 amide bonds. The summed E-state index contributed by atoms with van der Waals surface area (Å²) in [6.45, 7) is 0. The Morgan fingerprint density at radius 2 is 2.20 bits per heavy atom. The number of aromatic carboxylic acids is 1. The van der Waals surface area contributed by atoms with Gasteiger partial charge in [0.25, 0.3) is 5.91 Å². The van der Waals surface area contributed by atoms with Gasteiger partial charge < -0.3 is 14.8 Å². The number of amides is 1. The van der Waals surface area contributed by atoms with Gasteiger partial charge in [-0.2, -0.15) is 5.10 Å². The summed E-state index contributed by atoms with van der Waals surface area (Å²) in [7, 11) is 0. The minimum absolute atomic E-state index is 0.114. The number of hydrogen-bond acceptors (Lipinski definition) is 5. The van der Waals surface area contributed by atoms with Gasteiger partial charge in [0.1, 0.15) is 11.2 Å². The van der Waals surface area contributed by atoms with Gasteiger partial charge in [-0.1, -0.05) is 6.07 Å². The summed E-state index contributed by atoms with van der Waals surface area (Å²) < 4.78 is 5.11. The molecule has 8 heteroatoms. The van der Waals surface area contributed by atoms with E-state index < -0.39 is 11.9 Å². The lowest BCUT2D eigenvalue weighted by Crippen LogP contribution is -2.13. The predicted octanol–water partition coefficient (Wildman–Crippen LogP) is 1.50. The fraction of sp³-hybridized carbons (Fsp3) is 0. The first kappa shape index (κ1) is 11.9. The summed E-state index contributed by atoms with van der Waals surface area (Å²) in [6.07, 6.45) is 1.49. The zero-order valence-electron chi connectivity index (χ0n) is 9.95. The monoisotopic (exact) mass is 272 g/mol. The molecule has 0 unspecified atom stereocenters. The van der Waals surface area contributed by atoms with E-state index in [1.165, 1.54) is 12.3 Å². The highest BCUT2D eigenvalue weighted by molar-refractivity contribution is 6.06. The van der Waals surface area contributed by atoms with Crippen molar-refractivity contribution in [1.29, 1.82) is 0 Å². The highest BCUT2D eigenvalue weighted by Crippen LogP contribution is 2.24. The number of aromatic amines is 1. The van der Waals surface area contributed by atoms with Gasteiger partial charge in [0, 0.05) is 12.3 Å². The van der Waals surface area contributed by atoms with Crippen molar-refractivity contribution >= 4 is 28.8 Å². The number of nitrogens with zero attached hydrogens (tertiary/aromatic N) is 2. The molecule has 0 saturated carbocycles. The zero-order chi connectivity index (χ0) is 14.1. The maximum atomic E-state index is 11.9. The quantitative estimate of drug-likeness (QED) is 0.664. The van der Waals surface area contributed by atoms with Crippen LogP contribution >= 0.6 is 0 Å². The number of carboxylic acids is 1. The molecule has 8 nitrogen and oxygen atoms in total. The molecule has 0 atom stereocenters. The molecule has 0 bridgehead atoms. The Morgan fingerprint density at radius 1 is 1.35 bits per heavy atom. The Morgan fingerprint density at radius 3 is 2.90 bits per heavy atom. The molecule has 0 aliphatic heterocycles. The molecule has 0 spiro atoms. The minimum Gasteiger partial charge on any atom is -0.475 e. The number of carbonyl (C=O) groups excluding carboxylic acids is 1. The molecule has 3 aromatic heterocycles. The number of aromatic nitrogens is 3. The Balaban J connectivity index is 1.91. The summed E-state index contributed by atoms with van der Waals surface area (Å²) in [4.78, 5) is 26.6. The maximum absolute atomic E-state index is 11.9. The van der Waals surface area contributed by atoms with Crippen LogP contribution in [0.15, 0.2) is 34.9 Å². The van der Waals surface area contributed by atoms with Gasteiger partial charge in [0.15, 0.2) is 11.4 Å². The van der Waals surface area contributed by atoms with Crippen LogP contribution in [0.2, 0.25) is 0 Å². The molecule has 100 valence electrons. The molecule has 3 N–H and O–H groups in total. The standard InChI is InChI=1S/C12H8N4O4/c17-11(6-3-1-2-4-13-6)14-10-9-7(15-16-10)5-8(20-9)12(18)19/h1-5H,(H,18,19)(H2,14,15,16,17). The van der Waals surface area contributed by atoms with Crippen LogP contribution in [0.3, 0.4) is 0 Å². The van der Waals surface area contributed by atoms with Crippen LogP contribution < -0.4 is 5.32 Å². The van der Waals surface area contributed by atoms with Crippen molar-refractivity contribution in [3.8, 4) is 0 Å². The van der Waals surface area contributed by atoms with E-state index in [1.807, 2.05) is 0 Å². The van der Waals surface area contributed by atoms with E-state index in [0.29, 0.717) is 5.52 Å². The molecule has 0 aromatic carbocycles. The molecule has 0 saturated heterocycles. The van der Waals surface area contributed by atoms with Crippen LogP contribution in [-0.4, -0.2) is 32.2 Å². The number of furan rings is 1. The zero-order valence-corrected chi connectivity index (χ0v) is 9.95. The fourth-order valence-electron chi connectivity index (χ4n) is 1.68. The molecule has 20 heavy (non-hydrogen) atoms. The lowest BCUT2D eigenvalue weighted by atomic mass is 10.3. The first-order valence-corrected chi connectivity index (χ1v) is 5.59. The van der Waals surface area contributed by atoms with E-state index in [4.69, 9.17) is 9.52 Å². The van der Waals surface area contributed by atoms with E-state index in [0.717, 1.165) is 0 Å². The van der Waals surface area contributed by atoms with Crippen molar-refractivity contribution in [2.75, 3.05) is 5.32 Å². The topological polar surface area (TPSA) is 121 Å². The molecule has 0 radical (unpaired) electrons. The third kappa shape index (κ3) is 1.99. The largest absolute Gasteiger partial charge is 0.475 e. The molecule has 0 aliphatic carbocycles. The highest BCUT2D eigenvalue weighted by Gasteiger charge is 2.18. The Bertz CT molecular complexity index is 790. The van der Waals surface area contributed by atoms with E-state index >= 15 is 0 Å². The minimum atomic E-state index is -1.20. The Labute approximate surface area is 111 Å². The molecule has 3 aromatic rings. The average Bonchev–Trinajstić information content (AvgIpc) is 3.02. The second kappa shape index (κ2) is 4.50. The van der Waals surface area contributed by atoms with Gasteiger partial charge in [-0.25, -0.2) is 4.79 Å². The Kier molecular flexibility index (Phi) is 2.68. The highest BCUT2D eigenvalue weighted by atomic mass is 16.4. The van der Waals surface area contributed by atoms with Crippen LogP contribution in [0.5, 0.6) is 0 Å². The number of pyridine rings is 1. The summed E-state index contributed by atoms with van der Waals surface area (Å²) in [5.41, 5.74) is 0.777. The van der Waals surface area contributed by atoms with Crippen LogP contribution in [0.4, 0.5) is 5.82 Å². The molecular formula is C12H8N4O4. The van der Waals surface area contributed by atoms with Gasteiger partial charge in [0.05, 0.1) is 0 Å². The number of carboxylic acid groups (broad SMARTS) is 1. The average molecular weight is 272 g/mol. The van der Waals surface area contributed by atoms with E-state index in [-0.39, 0.29) is 22.9 Å². The van der Waals surface area contributed by atoms with Crippen molar-refractivity contribution in [3.05, 3.63) is 41.9 Å². The van der Waals surface area contributed by atoms with Gasteiger partial charge in [-0.15, -0.1) is 0 Å². The second-order valence-corrected chi connectivity index (χ2v) is 3.90. The lowest BCUT2D eigenvalue weighted by molar-refractivity contribution is 0.0665. The Hall–Kier alpha value is -3.16. The van der Waals surface area contributed by atoms with Gasteiger partial charge in [-0.3, -0.25) is 14.9 Å². The molecule has 3 rings (SSSR count). The summed E-state index contributed by atoms with van der Waals surface area (Å²) in [6, 6.07) is 6.21. The van der Waals surface area contributed by atoms with Crippen molar-refractivity contribution in [2.24, 2.45) is 0 Å². The fourth-order valence-corrected chi connectivity index (χ4v) is 1.68. The van der Waals surface area contributed by atoms with Gasteiger partial charge in [-0.05, 0) is 12.1 Å². The number of carbonyl (C=O) groups is 2. The van der Waals surface area contributed by atoms with Crippen LogP contribution in [0.1, 0.15) is 21.0 Å². The molecule has 0 fully saturated rings. The predicted molar refractivity (Wildman–Crippen MR) is 67.5 cm³/mol.